The van der Waals surface area contributed by atoms with Gasteiger partial charge in [0.1, 0.15) is 5.82 Å². The Hall–Kier alpha value is -2.66. The van der Waals surface area contributed by atoms with E-state index in [-0.39, 0.29) is 11.7 Å². The summed E-state index contributed by atoms with van der Waals surface area (Å²) in [7, 11) is 0. The number of amides is 1. The number of fused-ring (bicyclic) bond motifs is 2. The van der Waals surface area contributed by atoms with Gasteiger partial charge < -0.3 is 9.88 Å². The van der Waals surface area contributed by atoms with Crippen LogP contribution in [-0.2, 0) is 0 Å². The fraction of sp³-hybridized carbons (Fsp3) is 0.227. The smallest absolute Gasteiger partial charge is 0.263 e. The van der Waals surface area contributed by atoms with Gasteiger partial charge in [-0.3, -0.25) is 4.79 Å². The molecule has 27 heavy (non-hydrogen) atoms. The second kappa shape index (κ2) is 6.50. The maximum absolute atomic E-state index is 13.9. The number of carbonyl (C=O) groups excluding carboxylic acids is 1. The number of thiophene rings is 1. The highest BCUT2D eigenvalue weighted by atomic mass is 32.1. The lowest BCUT2D eigenvalue weighted by atomic mass is 9.89. The summed E-state index contributed by atoms with van der Waals surface area (Å²) in [5.74, 6) is 0.221. The summed E-state index contributed by atoms with van der Waals surface area (Å²) in [6.45, 7) is 1.47. The van der Waals surface area contributed by atoms with Gasteiger partial charge >= 0.3 is 0 Å². The number of likely N-dealkylation sites (tertiary alicyclic amines) is 1. The number of halogens is 1. The summed E-state index contributed by atoms with van der Waals surface area (Å²) >= 11 is 1.38. The molecule has 0 bridgehead atoms. The van der Waals surface area contributed by atoms with Gasteiger partial charge in [-0.15, -0.1) is 11.3 Å². The van der Waals surface area contributed by atoms with Gasteiger partial charge in [0.15, 0.2) is 0 Å². The number of H-pyrrole nitrogens is 1. The van der Waals surface area contributed by atoms with E-state index in [1.54, 1.807) is 12.1 Å². The third-order valence-corrected chi connectivity index (χ3v) is 6.65. The Labute approximate surface area is 160 Å². The van der Waals surface area contributed by atoms with Crippen LogP contribution in [0.5, 0.6) is 0 Å². The molecule has 1 saturated heterocycles. The summed E-state index contributed by atoms with van der Waals surface area (Å²) in [5, 5.41) is 1.82. The molecule has 5 heteroatoms. The molecule has 0 saturated carbocycles. The third kappa shape index (κ3) is 2.82. The average Bonchev–Trinajstić information content (AvgIpc) is 3.33. The van der Waals surface area contributed by atoms with E-state index in [1.165, 1.54) is 33.9 Å². The highest BCUT2D eigenvalue weighted by molar-refractivity contribution is 7.20. The van der Waals surface area contributed by atoms with Crippen molar-refractivity contribution < 1.29 is 9.18 Å². The monoisotopic (exact) mass is 378 g/mol. The molecule has 0 spiro atoms. The van der Waals surface area contributed by atoms with E-state index in [9.17, 15) is 9.18 Å². The topological polar surface area (TPSA) is 36.1 Å². The molecule has 1 N–H and O–H groups in total. The molecule has 4 aromatic rings. The number of aromatic amines is 1. The predicted molar refractivity (Wildman–Crippen MR) is 108 cm³/mol. The minimum Gasteiger partial charge on any atom is -0.361 e. The van der Waals surface area contributed by atoms with Crippen LogP contribution in [0.3, 0.4) is 0 Å². The van der Waals surface area contributed by atoms with Crippen molar-refractivity contribution in [3.63, 3.8) is 0 Å². The first kappa shape index (κ1) is 16.5. The third-order valence-electron chi connectivity index (χ3n) is 5.56. The second-order valence-electron chi connectivity index (χ2n) is 7.12. The first-order valence-electron chi connectivity index (χ1n) is 9.24. The van der Waals surface area contributed by atoms with Crippen molar-refractivity contribution in [2.24, 2.45) is 0 Å². The van der Waals surface area contributed by atoms with Crippen LogP contribution in [0.2, 0.25) is 0 Å². The van der Waals surface area contributed by atoms with E-state index < -0.39 is 0 Å². The first-order valence-corrected chi connectivity index (χ1v) is 10.1. The van der Waals surface area contributed by atoms with Crippen molar-refractivity contribution in [1.29, 1.82) is 0 Å². The lowest BCUT2D eigenvalue weighted by Gasteiger charge is -2.31. The van der Waals surface area contributed by atoms with Crippen LogP contribution in [-0.4, -0.2) is 28.9 Å². The van der Waals surface area contributed by atoms with Crippen LogP contribution < -0.4 is 0 Å². The van der Waals surface area contributed by atoms with Crippen molar-refractivity contribution in [1.82, 2.24) is 9.88 Å². The number of piperidine rings is 1. The fourth-order valence-corrected chi connectivity index (χ4v) is 5.15. The number of nitrogens with zero attached hydrogens (tertiary/aromatic N) is 1. The maximum Gasteiger partial charge on any atom is 0.263 e. The molecule has 2 aromatic carbocycles. The Morgan fingerprint density at radius 1 is 1.07 bits per heavy atom. The van der Waals surface area contributed by atoms with Crippen molar-refractivity contribution in [3.8, 4) is 0 Å². The Balaban J connectivity index is 1.33. The largest absolute Gasteiger partial charge is 0.361 e. The molecule has 0 radical (unpaired) electrons. The van der Waals surface area contributed by atoms with E-state index in [1.807, 2.05) is 17.0 Å². The summed E-state index contributed by atoms with van der Waals surface area (Å²) in [4.78, 5) is 18.8. The molecular weight excluding hydrogens is 359 g/mol. The standard InChI is InChI=1S/C22H19FN2OS/c23-18-5-3-7-20-16(18)12-21(27-20)22(26)25-10-8-14(9-11-25)17-13-24-19-6-2-1-4-15(17)19/h1-7,12-14,24H,8-11H2. The number of rotatable bonds is 2. The molecular formula is C22H19FN2OS. The number of carbonyl (C=O) groups is 1. The minimum absolute atomic E-state index is 0.0213. The molecule has 1 aliphatic heterocycles. The molecule has 1 amide bonds. The zero-order valence-electron chi connectivity index (χ0n) is 14.7. The summed E-state index contributed by atoms with van der Waals surface area (Å²) in [6, 6.07) is 15.1. The Morgan fingerprint density at radius 2 is 1.89 bits per heavy atom. The van der Waals surface area contributed by atoms with E-state index in [2.05, 4.69) is 29.4 Å². The van der Waals surface area contributed by atoms with Gasteiger partial charge in [-0.1, -0.05) is 24.3 Å². The number of hydrogen-bond donors (Lipinski definition) is 1. The molecule has 136 valence electrons. The molecule has 0 unspecified atom stereocenters. The van der Waals surface area contributed by atoms with Crippen molar-refractivity contribution in [2.75, 3.05) is 13.1 Å². The molecule has 0 aliphatic carbocycles. The zero-order chi connectivity index (χ0) is 18.4. The molecule has 3 nitrogen and oxygen atoms in total. The van der Waals surface area contributed by atoms with E-state index in [0.29, 0.717) is 16.2 Å². The van der Waals surface area contributed by atoms with Crippen molar-refractivity contribution in [2.45, 2.75) is 18.8 Å². The normalized spacial score (nSPS) is 15.7. The lowest BCUT2D eigenvalue weighted by Crippen LogP contribution is -2.37. The molecule has 1 fully saturated rings. The van der Waals surface area contributed by atoms with Gasteiger partial charge in [-0.25, -0.2) is 4.39 Å². The summed E-state index contributed by atoms with van der Waals surface area (Å²) in [6.07, 6.45) is 4.02. The summed E-state index contributed by atoms with van der Waals surface area (Å²) < 4.78 is 14.7. The number of benzene rings is 2. The zero-order valence-corrected chi connectivity index (χ0v) is 15.6. The Morgan fingerprint density at radius 3 is 2.70 bits per heavy atom. The SMILES string of the molecule is O=C(c1cc2c(F)cccc2s1)N1CCC(c2c[nH]c3ccccc23)CC1. The van der Waals surface area contributed by atoms with E-state index in [4.69, 9.17) is 0 Å². The second-order valence-corrected chi connectivity index (χ2v) is 8.20. The van der Waals surface area contributed by atoms with Gasteiger partial charge in [0.2, 0.25) is 0 Å². The lowest BCUT2D eigenvalue weighted by molar-refractivity contribution is 0.0718. The van der Waals surface area contributed by atoms with Crippen LogP contribution in [0.15, 0.2) is 54.7 Å². The predicted octanol–water partition coefficient (Wildman–Crippen LogP) is 5.54. The quantitative estimate of drug-likeness (QED) is 0.488. The number of hydrogen-bond acceptors (Lipinski definition) is 2. The van der Waals surface area contributed by atoms with Gasteiger partial charge in [0.25, 0.3) is 5.91 Å². The van der Waals surface area contributed by atoms with Gasteiger partial charge in [0, 0.05) is 40.3 Å². The van der Waals surface area contributed by atoms with Crippen LogP contribution in [0.4, 0.5) is 4.39 Å². The van der Waals surface area contributed by atoms with Crippen LogP contribution in [0, 0.1) is 5.82 Å². The molecule has 1 aliphatic rings. The number of aromatic nitrogens is 1. The van der Waals surface area contributed by atoms with Crippen molar-refractivity contribution >= 4 is 38.2 Å². The van der Waals surface area contributed by atoms with E-state index >= 15 is 0 Å². The molecule has 2 aromatic heterocycles. The first-order chi connectivity index (χ1) is 13.2. The molecule has 0 atom stereocenters. The van der Waals surface area contributed by atoms with Gasteiger partial charge in [-0.2, -0.15) is 0 Å². The molecule has 5 rings (SSSR count). The minimum atomic E-state index is -0.263. The fourth-order valence-electron chi connectivity index (χ4n) is 4.11. The van der Waals surface area contributed by atoms with Gasteiger partial charge in [-0.05, 0) is 48.6 Å². The number of nitrogens with one attached hydrogen (secondary N) is 1. The number of para-hydroxylation sites is 1. The highest BCUT2D eigenvalue weighted by Gasteiger charge is 2.27. The Bertz CT molecular complexity index is 1140. The highest BCUT2D eigenvalue weighted by Crippen LogP contribution is 2.34. The maximum atomic E-state index is 13.9. The Kier molecular flexibility index (Phi) is 3.97. The van der Waals surface area contributed by atoms with Crippen LogP contribution in [0.1, 0.15) is 34.0 Å². The summed E-state index contributed by atoms with van der Waals surface area (Å²) in [5.41, 5.74) is 2.51. The van der Waals surface area contributed by atoms with Crippen LogP contribution >= 0.6 is 11.3 Å². The van der Waals surface area contributed by atoms with E-state index in [0.717, 1.165) is 30.6 Å². The molecule has 3 heterocycles. The van der Waals surface area contributed by atoms with Crippen LogP contribution in [0.25, 0.3) is 21.0 Å². The van der Waals surface area contributed by atoms with Gasteiger partial charge in [0.05, 0.1) is 4.88 Å². The average molecular weight is 378 g/mol. The van der Waals surface area contributed by atoms with Crippen molar-refractivity contribution in [3.05, 3.63) is 71.0 Å².